The van der Waals surface area contributed by atoms with Crippen LogP contribution in [0.1, 0.15) is 33.1 Å². The predicted octanol–water partition coefficient (Wildman–Crippen LogP) is 1.97. The van der Waals surface area contributed by atoms with Gasteiger partial charge in [-0.2, -0.15) is 5.90 Å². The van der Waals surface area contributed by atoms with Crippen molar-refractivity contribution < 1.29 is 4.84 Å². The van der Waals surface area contributed by atoms with Crippen LogP contribution in [0.15, 0.2) is 11.8 Å². The van der Waals surface area contributed by atoms with Gasteiger partial charge in [0, 0.05) is 6.42 Å². The summed E-state index contributed by atoms with van der Waals surface area (Å²) in [5.74, 6) is 5.84. The smallest absolute Gasteiger partial charge is 0.119 e. The van der Waals surface area contributed by atoms with Crippen LogP contribution >= 0.6 is 0 Å². The molecule has 0 aromatic carbocycles. The van der Waals surface area contributed by atoms with E-state index in [1.54, 1.807) is 0 Å². The Morgan fingerprint density at radius 2 is 2.22 bits per heavy atom. The second kappa shape index (κ2) is 5.63. The molecular formula is C7H15NO. The lowest BCUT2D eigenvalue weighted by Crippen LogP contribution is -1.97. The number of hydrogen-bond acceptors (Lipinski definition) is 2. The molecule has 0 saturated heterocycles. The molecule has 0 aliphatic carbocycles. The maximum absolute atomic E-state index is 4.96. The molecule has 0 spiro atoms. The Kier molecular flexibility index (Phi) is 5.32. The monoisotopic (exact) mass is 129 g/mol. The molecule has 2 heteroatoms. The topological polar surface area (TPSA) is 35.2 Å². The molecule has 0 aliphatic heterocycles. The fourth-order valence-corrected chi connectivity index (χ4v) is 0.581. The minimum atomic E-state index is 0.885. The zero-order valence-electron chi connectivity index (χ0n) is 6.18. The second-order valence-corrected chi connectivity index (χ2v) is 1.93. The van der Waals surface area contributed by atoms with E-state index in [1.165, 1.54) is 0 Å². The van der Waals surface area contributed by atoms with E-state index in [4.69, 9.17) is 5.90 Å². The van der Waals surface area contributed by atoms with Crippen LogP contribution in [0.3, 0.4) is 0 Å². The molecular weight excluding hydrogens is 114 g/mol. The molecule has 0 amide bonds. The minimum absolute atomic E-state index is 0.885. The van der Waals surface area contributed by atoms with Gasteiger partial charge in [0.15, 0.2) is 0 Å². The predicted molar refractivity (Wildman–Crippen MR) is 38.6 cm³/mol. The third-order valence-electron chi connectivity index (χ3n) is 1.16. The second-order valence-electron chi connectivity index (χ2n) is 1.93. The van der Waals surface area contributed by atoms with Gasteiger partial charge < -0.3 is 4.84 Å². The van der Waals surface area contributed by atoms with Gasteiger partial charge in [0.25, 0.3) is 0 Å². The lowest BCUT2D eigenvalue weighted by Gasteiger charge is -1.98. The van der Waals surface area contributed by atoms with Crippen molar-refractivity contribution in [2.45, 2.75) is 33.1 Å². The average Bonchev–Trinajstić information content (AvgIpc) is 1.91. The summed E-state index contributed by atoms with van der Waals surface area (Å²) >= 11 is 0. The van der Waals surface area contributed by atoms with Crippen LogP contribution < -0.4 is 5.90 Å². The highest BCUT2D eigenvalue weighted by Crippen LogP contribution is 2.01. The zero-order valence-corrected chi connectivity index (χ0v) is 6.18. The average molecular weight is 129 g/mol. The van der Waals surface area contributed by atoms with Crippen molar-refractivity contribution in [2.24, 2.45) is 5.90 Å². The fourth-order valence-electron chi connectivity index (χ4n) is 0.581. The van der Waals surface area contributed by atoms with E-state index >= 15 is 0 Å². The molecule has 0 unspecified atom stereocenters. The first-order valence-electron chi connectivity index (χ1n) is 3.40. The van der Waals surface area contributed by atoms with E-state index in [-0.39, 0.29) is 0 Å². The maximum atomic E-state index is 4.96. The third kappa shape index (κ3) is 4.03. The quantitative estimate of drug-likeness (QED) is 0.465. The molecule has 0 aliphatic rings. The molecule has 0 aromatic rings. The molecule has 2 N–H and O–H groups in total. The summed E-state index contributed by atoms with van der Waals surface area (Å²) in [6, 6.07) is 0. The van der Waals surface area contributed by atoms with Gasteiger partial charge in [-0.1, -0.05) is 20.3 Å². The van der Waals surface area contributed by atoms with Gasteiger partial charge in [0.1, 0.15) is 5.76 Å². The van der Waals surface area contributed by atoms with E-state index in [2.05, 4.69) is 11.8 Å². The molecule has 0 aromatic heterocycles. The number of unbranched alkanes of at least 4 members (excludes halogenated alkanes) is 1. The molecule has 2 nitrogen and oxygen atoms in total. The van der Waals surface area contributed by atoms with Crippen LogP contribution in [0.25, 0.3) is 0 Å². The SMILES string of the molecule is CCC/C=C(/CC)ON. The Bertz CT molecular complexity index is 82.9. The molecule has 0 rings (SSSR count). The van der Waals surface area contributed by atoms with Crippen LogP contribution in [0, 0.1) is 0 Å². The highest BCUT2D eigenvalue weighted by atomic mass is 16.6. The van der Waals surface area contributed by atoms with Crippen molar-refractivity contribution in [3.05, 3.63) is 11.8 Å². The molecule has 0 radical (unpaired) electrons. The van der Waals surface area contributed by atoms with Crippen molar-refractivity contribution in [3.8, 4) is 0 Å². The van der Waals surface area contributed by atoms with Crippen LogP contribution in [-0.4, -0.2) is 0 Å². The van der Waals surface area contributed by atoms with Crippen molar-refractivity contribution in [2.75, 3.05) is 0 Å². The van der Waals surface area contributed by atoms with Gasteiger partial charge in [-0.25, -0.2) is 0 Å². The number of allylic oxidation sites excluding steroid dienone is 2. The number of rotatable bonds is 4. The Morgan fingerprint density at radius 1 is 1.56 bits per heavy atom. The summed E-state index contributed by atoms with van der Waals surface area (Å²) in [5.41, 5.74) is 0. The molecule has 54 valence electrons. The molecule has 0 saturated carbocycles. The Labute approximate surface area is 56.6 Å². The highest BCUT2D eigenvalue weighted by molar-refractivity contribution is 4.90. The molecule has 9 heavy (non-hydrogen) atoms. The molecule has 0 atom stereocenters. The van der Waals surface area contributed by atoms with Crippen LogP contribution in [0.2, 0.25) is 0 Å². The van der Waals surface area contributed by atoms with Gasteiger partial charge in [0.2, 0.25) is 0 Å². The Hall–Kier alpha value is -0.500. The number of hydrogen-bond donors (Lipinski definition) is 1. The lowest BCUT2D eigenvalue weighted by atomic mass is 10.3. The highest BCUT2D eigenvalue weighted by Gasteiger charge is 1.88. The van der Waals surface area contributed by atoms with E-state index < -0.39 is 0 Å². The van der Waals surface area contributed by atoms with E-state index in [0.717, 1.165) is 25.0 Å². The van der Waals surface area contributed by atoms with Crippen LogP contribution in [0.5, 0.6) is 0 Å². The maximum Gasteiger partial charge on any atom is 0.119 e. The number of nitrogens with two attached hydrogens (primary N) is 1. The van der Waals surface area contributed by atoms with Crippen LogP contribution in [-0.2, 0) is 4.84 Å². The zero-order chi connectivity index (χ0) is 7.11. The van der Waals surface area contributed by atoms with Crippen molar-refractivity contribution in [3.63, 3.8) is 0 Å². The van der Waals surface area contributed by atoms with Gasteiger partial charge in [-0.05, 0) is 12.5 Å². The largest absolute Gasteiger partial charge is 0.416 e. The molecule has 0 fully saturated rings. The van der Waals surface area contributed by atoms with Crippen molar-refractivity contribution in [1.29, 1.82) is 0 Å². The van der Waals surface area contributed by atoms with Crippen molar-refractivity contribution >= 4 is 0 Å². The Balaban J connectivity index is 3.48. The summed E-state index contributed by atoms with van der Waals surface area (Å²) < 4.78 is 0. The van der Waals surface area contributed by atoms with Crippen molar-refractivity contribution in [1.82, 2.24) is 0 Å². The standard InChI is InChI=1S/C7H15NO/c1-3-5-6-7(4-2)9-8/h6H,3-5,8H2,1-2H3/b7-6-. The molecule has 0 bridgehead atoms. The van der Waals surface area contributed by atoms with Gasteiger partial charge in [-0.3, -0.25) is 0 Å². The fraction of sp³-hybridized carbons (Fsp3) is 0.714. The minimum Gasteiger partial charge on any atom is -0.416 e. The van der Waals surface area contributed by atoms with Gasteiger partial charge >= 0.3 is 0 Å². The Morgan fingerprint density at radius 3 is 2.56 bits per heavy atom. The van der Waals surface area contributed by atoms with E-state index in [0.29, 0.717) is 0 Å². The first-order chi connectivity index (χ1) is 4.35. The normalized spacial score (nSPS) is 11.7. The summed E-state index contributed by atoms with van der Waals surface area (Å²) in [5, 5.41) is 0. The first kappa shape index (κ1) is 8.50. The summed E-state index contributed by atoms with van der Waals surface area (Å²) in [4.78, 5) is 4.56. The summed E-state index contributed by atoms with van der Waals surface area (Å²) in [6.07, 6.45) is 5.11. The third-order valence-corrected chi connectivity index (χ3v) is 1.16. The van der Waals surface area contributed by atoms with Crippen LogP contribution in [0.4, 0.5) is 0 Å². The summed E-state index contributed by atoms with van der Waals surface area (Å²) in [7, 11) is 0. The van der Waals surface area contributed by atoms with E-state index in [9.17, 15) is 0 Å². The van der Waals surface area contributed by atoms with E-state index in [1.807, 2.05) is 13.0 Å². The molecule has 0 heterocycles. The summed E-state index contributed by atoms with van der Waals surface area (Å²) in [6.45, 7) is 4.15. The first-order valence-corrected chi connectivity index (χ1v) is 3.40. The van der Waals surface area contributed by atoms with Gasteiger partial charge in [0.05, 0.1) is 0 Å². The lowest BCUT2D eigenvalue weighted by molar-refractivity contribution is 0.211. The van der Waals surface area contributed by atoms with Gasteiger partial charge in [-0.15, -0.1) is 0 Å².